The molecule has 2 aromatic rings. The van der Waals surface area contributed by atoms with Crippen LogP contribution in [0.15, 0.2) is 64.2 Å². The minimum atomic E-state index is -4.58. The zero-order valence-electron chi connectivity index (χ0n) is 15.2. The van der Waals surface area contributed by atoms with Gasteiger partial charge in [0.05, 0.1) is 11.4 Å². The fraction of sp³-hybridized carbons (Fsp3) is 0.263. The van der Waals surface area contributed by atoms with Crippen molar-refractivity contribution in [2.24, 2.45) is 4.99 Å². The first kappa shape index (κ1) is 20.1. The number of hydrogen-bond acceptors (Lipinski definition) is 4. The third-order valence-electron chi connectivity index (χ3n) is 4.21. The minimum Gasteiger partial charge on any atom is -0.303 e. The molecule has 0 radical (unpaired) electrons. The highest BCUT2D eigenvalue weighted by molar-refractivity contribution is 7.90. The van der Waals surface area contributed by atoms with Gasteiger partial charge in [0.2, 0.25) is 0 Å². The van der Waals surface area contributed by atoms with Crippen LogP contribution in [0.3, 0.4) is 0 Å². The fourth-order valence-electron chi connectivity index (χ4n) is 2.73. The molecule has 0 bridgehead atoms. The highest BCUT2D eigenvalue weighted by Gasteiger charge is 2.35. The summed E-state index contributed by atoms with van der Waals surface area (Å²) < 4.78 is 64.2. The number of rotatable bonds is 4. The van der Waals surface area contributed by atoms with Gasteiger partial charge in [0.1, 0.15) is 5.82 Å². The van der Waals surface area contributed by atoms with Crippen molar-refractivity contribution < 1.29 is 21.6 Å². The summed E-state index contributed by atoms with van der Waals surface area (Å²) in [7, 11) is -3.40. The van der Waals surface area contributed by atoms with E-state index >= 15 is 0 Å². The molecule has 0 amide bonds. The van der Waals surface area contributed by atoms with Gasteiger partial charge in [0, 0.05) is 30.3 Å². The zero-order chi connectivity index (χ0) is 20.5. The molecular formula is C19H18F3N3O2S. The molecule has 1 aromatic carbocycles. The second kappa shape index (κ2) is 7.38. The van der Waals surface area contributed by atoms with E-state index in [1.165, 1.54) is 28.8 Å². The SMILES string of the molecule is CC1=NCC=C(Cc2nc(C(F)(F)F)cn2-c2ccc(S(C)(=O)=O)cc2)C=C1. The molecule has 9 heteroatoms. The molecule has 0 fully saturated rings. The van der Waals surface area contributed by atoms with Gasteiger partial charge in [0.15, 0.2) is 15.5 Å². The number of nitrogens with zero attached hydrogens (tertiary/aromatic N) is 3. The highest BCUT2D eigenvalue weighted by atomic mass is 32.2. The van der Waals surface area contributed by atoms with Crippen molar-refractivity contribution in [3.8, 4) is 5.69 Å². The summed E-state index contributed by atoms with van der Waals surface area (Å²) in [5.74, 6) is 0.204. The van der Waals surface area contributed by atoms with Crippen LogP contribution in [0.1, 0.15) is 18.4 Å². The molecule has 0 N–H and O–H groups in total. The van der Waals surface area contributed by atoms with E-state index < -0.39 is 21.7 Å². The van der Waals surface area contributed by atoms with Crippen molar-refractivity contribution in [1.29, 1.82) is 0 Å². The molecule has 1 aliphatic heterocycles. The van der Waals surface area contributed by atoms with Crippen LogP contribution in [0.5, 0.6) is 0 Å². The molecule has 0 aliphatic carbocycles. The molecule has 5 nitrogen and oxygen atoms in total. The smallest absolute Gasteiger partial charge is 0.303 e. The van der Waals surface area contributed by atoms with Crippen LogP contribution < -0.4 is 0 Å². The van der Waals surface area contributed by atoms with Gasteiger partial charge in [-0.15, -0.1) is 0 Å². The number of aliphatic imine (C=N–C) groups is 1. The van der Waals surface area contributed by atoms with Gasteiger partial charge in [-0.1, -0.05) is 12.2 Å². The van der Waals surface area contributed by atoms with Crippen molar-refractivity contribution in [1.82, 2.24) is 9.55 Å². The zero-order valence-corrected chi connectivity index (χ0v) is 16.0. The Kier molecular flexibility index (Phi) is 5.29. The molecule has 28 heavy (non-hydrogen) atoms. The lowest BCUT2D eigenvalue weighted by Crippen LogP contribution is -2.05. The van der Waals surface area contributed by atoms with E-state index in [4.69, 9.17) is 0 Å². The predicted molar refractivity (Wildman–Crippen MR) is 101 cm³/mol. The van der Waals surface area contributed by atoms with E-state index in [2.05, 4.69) is 9.98 Å². The fourth-order valence-corrected chi connectivity index (χ4v) is 3.36. The maximum atomic E-state index is 13.2. The summed E-state index contributed by atoms with van der Waals surface area (Å²) in [6, 6.07) is 5.66. The first-order valence-corrected chi connectivity index (χ1v) is 10.3. The van der Waals surface area contributed by atoms with Gasteiger partial charge >= 0.3 is 6.18 Å². The topological polar surface area (TPSA) is 64.3 Å². The monoisotopic (exact) mass is 409 g/mol. The van der Waals surface area contributed by atoms with Crippen molar-refractivity contribution in [3.05, 3.63) is 65.8 Å². The molecule has 0 unspecified atom stereocenters. The molecule has 2 heterocycles. The van der Waals surface area contributed by atoms with Gasteiger partial charge in [-0.3, -0.25) is 4.99 Å². The summed E-state index contributed by atoms with van der Waals surface area (Å²) >= 11 is 0. The van der Waals surface area contributed by atoms with Crippen LogP contribution in [0.25, 0.3) is 5.69 Å². The number of benzene rings is 1. The Bertz CT molecular complexity index is 1080. The van der Waals surface area contributed by atoms with Crippen LogP contribution >= 0.6 is 0 Å². The van der Waals surface area contributed by atoms with E-state index in [0.717, 1.165) is 23.7 Å². The summed E-state index contributed by atoms with van der Waals surface area (Å²) in [6.45, 7) is 2.30. The van der Waals surface area contributed by atoms with Crippen LogP contribution in [-0.4, -0.2) is 36.5 Å². The van der Waals surface area contributed by atoms with Crippen LogP contribution in [-0.2, 0) is 22.4 Å². The van der Waals surface area contributed by atoms with Gasteiger partial charge in [0.25, 0.3) is 0 Å². The molecular weight excluding hydrogens is 391 g/mol. The van der Waals surface area contributed by atoms with Gasteiger partial charge in [-0.2, -0.15) is 13.2 Å². The summed E-state index contributed by atoms with van der Waals surface area (Å²) in [5, 5.41) is 0. The van der Waals surface area contributed by atoms with Crippen molar-refractivity contribution in [2.75, 3.05) is 12.8 Å². The van der Waals surface area contributed by atoms with E-state index in [1.807, 2.05) is 19.1 Å². The van der Waals surface area contributed by atoms with Crippen molar-refractivity contribution >= 4 is 15.5 Å². The van der Waals surface area contributed by atoms with E-state index in [1.54, 1.807) is 6.08 Å². The van der Waals surface area contributed by atoms with Crippen LogP contribution in [0.4, 0.5) is 13.2 Å². The van der Waals surface area contributed by atoms with Crippen LogP contribution in [0.2, 0.25) is 0 Å². The van der Waals surface area contributed by atoms with E-state index in [-0.39, 0.29) is 17.1 Å². The summed E-state index contributed by atoms with van der Waals surface area (Å²) in [6.07, 6.45) is 3.05. The Morgan fingerprint density at radius 3 is 2.43 bits per heavy atom. The van der Waals surface area contributed by atoms with E-state index in [0.29, 0.717) is 12.2 Å². The minimum absolute atomic E-state index is 0.0935. The summed E-state index contributed by atoms with van der Waals surface area (Å²) in [5.41, 5.74) is 1.03. The number of allylic oxidation sites excluding steroid dienone is 3. The van der Waals surface area contributed by atoms with Gasteiger partial charge < -0.3 is 4.57 Å². The Morgan fingerprint density at radius 1 is 1.14 bits per heavy atom. The second-order valence-corrected chi connectivity index (χ2v) is 8.46. The third kappa shape index (κ3) is 4.59. The molecule has 1 aromatic heterocycles. The Balaban J connectivity index is 2.01. The predicted octanol–water partition coefficient (Wildman–Crippen LogP) is 3.79. The van der Waals surface area contributed by atoms with Gasteiger partial charge in [-0.25, -0.2) is 13.4 Å². The van der Waals surface area contributed by atoms with Gasteiger partial charge in [-0.05, 0) is 42.8 Å². The number of sulfone groups is 1. The summed E-state index contributed by atoms with van der Waals surface area (Å²) in [4.78, 5) is 8.14. The van der Waals surface area contributed by atoms with E-state index in [9.17, 15) is 21.6 Å². The maximum absolute atomic E-state index is 13.2. The maximum Gasteiger partial charge on any atom is 0.434 e. The Labute approximate surface area is 160 Å². The standard InChI is InChI=1S/C19H18F3N3O2S/c1-13-3-4-14(9-10-23-13)11-18-24-17(19(20,21)22)12-25(18)15-5-7-16(8-6-15)28(2,26)27/h3-9,12H,10-11H2,1-2H3. The average Bonchev–Trinajstić information content (AvgIpc) is 2.92. The molecule has 148 valence electrons. The second-order valence-electron chi connectivity index (χ2n) is 6.45. The average molecular weight is 409 g/mol. The lowest BCUT2D eigenvalue weighted by molar-refractivity contribution is -0.141. The molecule has 1 aliphatic rings. The molecule has 3 rings (SSSR count). The van der Waals surface area contributed by atoms with Crippen molar-refractivity contribution in [2.45, 2.75) is 24.4 Å². The molecule has 0 saturated heterocycles. The lowest BCUT2D eigenvalue weighted by Gasteiger charge is -2.09. The Morgan fingerprint density at radius 2 is 1.82 bits per heavy atom. The largest absolute Gasteiger partial charge is 0.434 e. The number of alkyl halides is 3. The molecule has 0 spiro atoms. The number of halogens is 3. The van der Waals surface area contributed by atoms with Crippen molar-refractivity contribution in [3.63, 3.8) is 0 Å². The number of hydrogen-bond donors (Lipinski definition) is 0. The number of imidazole rings is 1. The van der Waals surface area contributed by atoms with Crippen LogP contribution in [0, 0.1) is 0 Å². The highest BCUT2D eigenvalue weighted by Crippen LogP contribution is 2.30. The number of aromatic nitrogens is 2. The Hall–Kier alpha value is -2.68. The third-order valence-corrected chi connectivity index (χ3v) is 5.34. The first-order chi connectivity index (χ1) is 13.0. The lowest BCUT2D eigenvalue weighted by atomic mass is 10.1. The quantitative estimate of drug-likeness (QED) is 0.772. The molecule has 0 saturated carbocycles. The first-order valence-electron chi connectivity index (χ1n) is 8.38. The normalized spacial score (nSPS) is 15.2. The molecule has 0 atom stereocenters.